The normalized spacial score (nSPS) is 10.4. The second-order valence-electron chi connectivity index (χ2n) is 5.62. The van der Waals surface area contributed by atoms with Gasteiger partial charge >= 0.3 is 0 Å². The van der Waals surface area contributed by atoms with Crippen LogP contribution in [0.15, 0.2) is 66.3 Å². The summed E-state index contributed by atoms with van der Waals surface area (Å²) in [4.78, 5) is 20.1. The molecule has 5 heteroatoms. The van der Waals surface area contributed by atoms with Gasteiger partial charge < -0.3 is 9.64 Å². The van der Waals surface area contributed by atoms with Crippen molar-refractivity contribution in [2.24, 2.45) is 0 Å². The van der Waals surface area contributed by atoms with Crippen molar-refractivity contribution in [3.05, 3.63) is 76.7 Å². The molecule has 0 aliphatic rings. The highest BCUT2D eigenvalue weighted by Crippen LogP contribution is 2.23. The highest BCUT2D eigenvalue weighted by atomic mass is 32.1. The Morgan fingerprint density at radius 2 is 2.00 bits per heavy atom. The lowest BCUT2D eigenvalue weighted by Gasteiger charge is -2.23. The number of aromatic nitrogens is 1. The number of aryl methyl sites for hydroxylation is 1. The number of rotatable bonds is 7. The van der Waals surface area contributed by atoms with Gasteiger partial charge in [-0.3, -0.25) is 9.78 Å². The SMILES string of the molecule is COc1ccc(N(Cc2cccnc2)C(=O)CCc2cccs2)cc1. The van der Waals surface area contributed by atoms with E-state index in [0.717, 1.165) is 23.4 Å². The number of methoxy groups -OCH3 is 1. The number of benzene rings is 1. The van der Waals surface area contributed by atoms with Gasteiger partial charge in [-0.05, 0) is 53.8 Å². The number of hydrogen-bond acceptors (Lipinski definition) is 4. The van der Waals surface area contributed by atoms with Crippen LogP contribution in [0.2, 0.25) is 0 Å². The molecule has 0 saturated carbocycles. The summed E-state index contributed by atoms with van der Waals surface area (Å²) in [6.45, 7) is 0.503. The van der Waals surface area contributed by atoms with Gasteiger partial charge in [0.2, 0.25) is 5.91 Å². The molecule has 0 saturated heterocycles. The molecule has 0 atom stereocenters. The molecule has 1 amide bonds. The molecule has 3 aromatic rings. The first kappa shape index (κ1) is 17.2. The minimum atomic E-state index is 0.0995. The summed E-state index contributed by atoms with van der Waals surface area (Å²) < 4.78 is 5.21. The number of thiophene rings is 1. The average molecular weight is 352 g/mol. The molecule has 25 heavy (non-hydrogen) atoms. The molecule has 0 unspecified atom stereocenters. The first-order valence-electron chi connectivity index (χ1n) is 8.12. The van der Waals surface area contributed by atoms with Crippen LogP contribution in [0, 0.1) is 0 Å². The highest BCUT2D eigenvalue weighted by molar-refractivity contribution is 7.09. The van der Waals surface area contributed by atoms with Gasteiger partial charge in [0.1, 0.15) is 5.75 Å². The van der Waals surface area contributed by atoms with Crippen LogP contribution < -0.4 is 9.64 Å². The smallest absolute Gasteiger partial charge is 0.227 e. The molecule has 0 spiro atoms. The largest absolute Gasteiger partial charge is 0.497 e. The third-order valence-electron chi connectivity index (χ3n) is 3.91. The van der Waals surface area contributed by atoms with Crippen LogP contribution in [0.1, 0.15) is 16.9 Å². The Morgan fingerprint density at radius 1 is 1.16 bits per heavy atom. The van der Waals surface area contributed by atoms with Crippen LogP contribution in [0.5, 0.6) is 5.75 Å². The number of hydrogen-bond donors (Lipinski definition) is 0. The Kier molecular flexibility index (Phi) is 5.80. The number of ether oxygens (including phenoxy) is 1. The lowest BCUT2D eigenvalue weighted by Crippen LogP contribution is -2.30. The molecule has 128 valence electrons. The van der Waals surface area contributed by atoms with Crippen molar-refractivity contribution in [3.8, 4) is 5.75 Å². The minimum absolute atomic E-state index is 0.0995. The number of amides is 1. The van der Waals surface area contributed by atoms with Crippen LogP contribution in [-0.4, -0.2) is 18.0 Å². The molecule has 0 aliphatic heterocycles. The Bertz CT molecular complexity index is 786. The van der Waals surface area contributed by atoms with Gasteiger partial charge in [-0.2, -0.15) is 0 Å². The standard InChI is InChI=1S/C20H20N2O2S/c1-24-18-8-6-17(7-9-18)22(15-16-4-2-12-21-14-16)20(23)11-10-19-5-3-13-25-19/h2-9,12-14H,10-11,15H2,1H3. The monoisotopic (exact) mass is 352 g/mol. The number of anilines is 1. The van der Waals surface area contributed by atoms with Crippen LogP contribution in [0.25, 0.3) is 0 Å². The molecule has 2 heterocycles. The lowest BCUT2D eigenvalue weighted by molar-refractivity contribution is -0.118. The maximum Gasteiger partial charge on any atom is 0.227 e. The molecule has 3 rings (SSSR count). The van der Waals surface area contributed by atoms with Crippen molar-refractivity contribution in [1.29, 1.82) is 0 Å². The number of carbonyl (C=O) groups is 1. The van der Waals surface area contributed by atoms with Gasteiger partial charge in [0.25, 0.3) is 0 Å². The number of carbonyl (C=O) groups excluding carboxylic acids is 1. The first-order valence-corrected chi connectivity index (χ1v) is 9.00. The van der Waals surface area contributed by atoms with E-state index in [0.29, 0.717) is 13.0 Å². The quantitative estimate of drug-likeness (QED) is 0.636. The lowest BCUT2D eigenvalue weighted by atomic mass is 10.2. The summed E-state index contributed by atoms with van der Waals surface area (Å²) in [5.74, 6) is 0.874. The summed E-state index contributed by atoms with van der Waals surface area (Å²) in [5, 5.41) is 2.04. The van der Waals surface area contributed by atoms with Crippen molar-refractivity contribution in [1.82, 2.24) is 4.98 Å². The van der Waals surface area contributed by atoms with Gasteiger partial charge in [0, 0.05) is 29.4 Å². The molecule has 0 N–H and O–H groups in total. The second-order valence-corrected chi connectivity index (χ2v) is 6.65. The second kappa shape index (κ2) is 8.44. The topological polar surface area (TPSA) is 42.4 Å². The van der Waals surface area contributed by atoms with E-state index in [1.54, 1.807) is 30.8 Å². The third kappa shape index (κ3) is 4.67. The van der Waals surface area contributed by atoms with Crippen LogP contribution >= 0.6 is 11.3 Å². The van der Waals surface area contributed by atoms with Crippen molar-refractivity contribution in [3.63, 3.8) is 0 Å². The van der Waals surface area contributed by atoms with Crippen molar-refractivity contribution in [2.75, 3.05) is 12.0 Å². The van der Waals surface area contributed by atoms with E-state index in [1.807, 2.05) is 52.7 Å². The summed E-state index contributed by atoms with van der Waals surface area (Å²) >= 11 is 1.68. The zero-order chi connectivity index (χ0) is 17.5. The van der Waals surface area contributed by atoms with Crippen LogP contribution in [0.3, 0.4) is 0 Å². The molecule has 0 bridgehead atoms. The van der Waals surface area contributed by atoms with Crippen LogP contribution in [0.4, 0.5) is 5.69 Å². The van der Waals surface area contributed by atoms with Gasteiger partial charge in [0.05, 0.1) is 13.7 Å². The summed E-state index contributed by atoms with van der Waals surface area (Å²) in [5.41, 5.74) is 1.86. The van der Waals surface area contributed by atoms with Gasteiger partial charge in [-0.1, -0.05) is 12.1 Å². The maximum atomic E-state index is 12.9. The van der Waals surface area contributed by atoms with E-state index >= 15 is 0 Å². The van der Waals surface area contributed by atoms with Crippen LogP contribution in [-0.2, 0) is 17.8 Å². The molecule has 2 aromatic heterocycles. The third-order valence-corrected chi connectivity index (χ3v) is 4.85. The molecular formula is C20H20N2O2S. The minimum Gasteiger partial charge on any atom is -0.497 e. The molecule has 4 nitrogen and oxygen atoms in total. The summed E-state index contributed by atoms with van der Waals surface area (Å²) in [6, 6.07) is 15.5. The van der Waals surface area contributed by atoms with E-state index in [4.69, 9.17) is 4.74 Å². The van der Waals surface area contributed by atoms with Gasteiger partial charge in [-0.15, -0.1) is 11.3 Å². The first-order chi connectivity index (χ1) is 12.3. The van der Waals surface area contributed by atoms with Crippen molar-refractivity contribution in [2.45, 2.75) is 19.4 Å². The highest BCUT2D eigenvalue weighted by Gasteiger charge is 2.16. The predicted octanol–water partition coefficient (Wildman–Crippen LogP) is 4.32. The predicted molar refractivity (Wildman–Crippen MR) is 101 cm³/mol. The average Bonchev–Trinajstić information content (AvgIpc) is 3.19. The molecule has 1 aromatic carbocycles. The zero-order valence-electron chi connectivity index (χ0n) is 14.1. The van der Waals surface area contributed by atoms with Gasteiger partial charge in [0.15, 0.2) is 0 Å². The fraction of sp³-hybridized carbons (Fsp3) is 0.200. The zero-order valence-corrected chi connectivity index (χ0v) is 14.9. The summed E-state index contributed by atoms with van der Waals surface area (Å²) in [6.07, 6.45) is 4.77. The Morgan fingerprint density at radius 3 is 2.64 bits per heavy atom. The molecular weight excluding hydrogens is 332 g/mol. The van der Waals surface area contributed by atoms with E-state index in [1.165, 1.54) is 4.88 Å². The van der Waals surface area contributed by atoms with E-state index in [2.05, 4.69) is 11.1 Å². The Balaban J connectivity index is 1.78. The van der Waals surface area contributed by atoms with Crippen molar-refractivity contribution >= 4 is 22.9 Å². The fourth-order valence-electron chi connectivity index (χ4n) is 2.58. The fourth-order valence-corrected chi connectivity index (χ4v) is 3.29. The van der Waals surface area contributed by atoms with E-state index in [9.17, 15) is 4.79 Å². The molecule has 0 aliphatic carbocycles. The van der Waals surface area contributed by atoms with Crippen molar-refractivity contribution < 1.29 is 9.53 Å². The molecule has 0 radical (unpaired) electrons. The maximum absolute atomic E-state index is 12.9. The van der Waals surface area contributed by atoms with Gasteiger partial charge in [-0.25, -0.2) is 0 Å². The molecule has 0 fully saturated rings. The Hall–Kier alpha value is -2.66. The number of pyridine rings is 1. The summed E-state index contributed by atoms with van der Waals surface area (Å²) in [7, 11) is 1.63. The Labute approximate surface area is 151 Å². The van der Waals surface area contributed by atoms with E-state index in [-0.39, 0.29) is 5.91 Å². The number of nitrogens with zero attached hydrogens (tertiary/aromatic N) is 2. The van der Waals surface area contributed by atoms with E-state index < -0.39 is 0 Å².